The van der Waals surface area contributed by atoms with E-state index in [1.807, 2.05) is 0 Å². The molecule has 2 aromatic rings. The summed E-state index contributed by atoms with van der Waals surface area (Å²) in [6.07, 6.45) is 3.02. The molecular weight excluding hydrogens is 210 g/mol. The average molecular weight is 219 g/mol. The third kappa shape index (κ3) is 1.50. The van der Waals surface area contributed by atoms with Crippen molar-refractivity contribution in [1.29, 1.82) is 0 Å². The van der Waals surface area contributed by atoms with Crippen molar-refractivity contribution in [3.8, 4) is 5.69 Å². The molecule has 6 nitrogen and oxygen atoms in total. The molecule has 1 N–H and O–H groups in total. The Hall–Kier alpha value is -2.37. The highest BCUT2D eigenvalue weighted by atomic mass is 16.6. The molecule has 0 amide bonds. The van der Waals surface area contributed by atoms with E-state index in [2.05, 4.69) is 4.98 Å². The molecule has 0 radical (unpaired) electrons. The number of aromatic amines is 1. The molecule has 1 aromatic carbocycles. The zero-order valence-corrected chi connectivity index (χ0v) is 8.51. The van der Waals surface area contributed by atoms with E-state index in [-0.39, 0.29) is 11.4 Å². The van der Waals surface area contributed by atoms with Gasteiger partial charge in [0, 0.05) is 18.5 Å². The number of rotatable bonds is 2. The van der Waals surface area contributed by atoms with Gasteiger partial charge in [0.25, 0.3) is 5.69 Å². The van der Waals surface area contributed by atoms with Gasteiger partial charge in [-0.05, 0) is 13.0 Å². The monoisotopic (exact) mass is 219 g/mol. The second-order valence-corrected chi connectivity index (χ2v) is 3.31. The Morgan fingerprint density at radius 1 is 1.44 bits per heavy atom. The Morgan fingerprint density at radius 3 is 2.75 bits per heavy atom. The van der Waals surface area contributed by atoms with Gasteiger partial charge >= 0.3 is 5.69 Å². The van der Waals surface area contributed by atoms with Crippen molar-refractivity contribution in [2.45, 2.75) is 6.92 Å². The van der Waals surface area contributed by atoms with E-state index in [4.69, 9.17) is 0 Å². The number of hydrogen-bond donors (Lipinski definition) is 1. The fraction of sp³-hybridized carbons (Fsp3) is 0.100. The molecule has 82 valence electrons. The zero-order valence-electron chi connectivity index (χ0n) is 8.51. The molecule has 6 heteroatoms. The first-order valence-corrected chi connectivity index (χ1v) is 4.61. The summed E-state index contributed by atoms with van der Waals surface area (Å²) >= 11 is 0. The van der Waals surface area contributed by atoms with Gasteiger partial charge < -0.3 is 4.98 Å². The Bertz CT molecular complexity index is 597. The van der Waals surface area contributed by atoms with E-state index in [1.165, 1.54) is 23.0 Å². The van der Waals surface area contributed by atoms with Gasteiger partial charge in [0.05, 0.1) is 16.2 Å². The molecule has 0 bridgehead atoms. The van der Waals surface area contributed by atoms with Crippen LogP contribution in [0.3, 0.4) is 0 Å². The first-order chi connectivity index (χ1) is 7.61. The van der Waals surface area contributed by atoms with E-state index in [0.29, 0.717) is 11.3 Å². The molecule has 0 saturated carbocycles. The van der Waals surface area contributed by atoms with Gasteiger partial charge in [0.15, 0.2) is 0 Å². The SMILES string of the molecule is Cc1c(-n2cc[nH]c2=O)cccc1[N+](=O)[O-]. The average Bonchev–Trinajstić information content (AvgIpc) is 2.64. The molecule has 0 saturated heterocycles. The number of nitro groups is 1. The lowest BCUT2D eigenvalue weighted by Crippen LogP contribution is -2.15. The molecule has 0 fully saturated rings. The van der Waals surface area contributed by atoms with Gasteiger partial charge in [-0.2, -0.15) is 0 Å². The topological polar surface area (TPSA) is 80.9 Å². The number of nitrogens with zero attached hydrogens (tertiary/aromatic N) is 2. The van der Waals surface area contributed by atoms with Crippen molar-refractivity contribution < 1.29 is 4.92 Å². The Labute approximate surface area is 90.3 Å². The van der Waals surface area contributed by atoms with Crippen LogP contribution in [0.25, 0.3) is 5.69 Å². The Kier molecular flexibility index (Phi) is 2.32. The van der Waals surface area contributed by atoms with E-state index in [9.17, 15) is 14.9 Å². The fourth-order valence-corrected chi connectivity index (χ4v) is 1.58. The predicted molar refractivity (Wildman–Crippen MR) is 57.8 cm³/mol. The molecule has 2 rings (SSSR count). The molecule has 0 atom stereocenters. The maximum Gasteiger partial charge on any atom is 0.330 e. The van der Waals surface area contributed by atoms with Gasteiger partial charge in [-0.15, -0.1) is 0 Å². The largest absolute Gasteiger partial charge is 0.330 e. The standard InChI is InChI=1S/C10H9N3O3/c1-7-8(12-6-5-11-10(12)14)3-2-4-9(7)13(15)16/h2-6H,1H3,(H,11,14). The summed E-state index contributed by atoms with van der Waals surface area (Å²) in [6.45, 7) is 1.62. The van der Waals surface area contributed by atoms with Crippen LogP contribution < -0.4 is 5.69 Å². The molecule has 0 aliphatic carbocycles. The molecule has 16 heavy (non-hydrogen) atoms. The van der Waals surface area contributed by atoms with Crippen LogP contribution in [0.15, 0.2) is 35.4 Å². The lowest BCUT2D eigenvalue weighted by atomic mass is 10.1. The molecule has 1 aromatic heterocycles. The number of imidazole rings is 1. The maximum atomic E-state index is 11.4. The molecule has 0 unspecified atom stereocenters. The summed E-state index contributed by atoms with van der Waals surface area (Å²) in [7, 11) is 0. The molecule has 0 aliphatic rings. The number of aromatic nitrogens is 2. The number of H-pyrrole nitrogens is 1. The zero-order chi connectivity index (χ0) is 11.7. The van der Waals surface area contributed by atoms with E-state index in [0.717, 1.165) is 0 Å². The number of nitrogens with one attached hydrogen (secondary N) is 1. The Morgan fingerprint density at radius 2 is 2.19 bits per heavy atom. The van der Waals surface area contributed by atoms with Crippen molar-refractivity contribution in [2.24, 2.45) is 0 Å². The van der Waals surface area contributed by atoms with Crippen LogP contribution in [0.2, 0.25) is 0 Å². The summed E-state index contributed by atoms with van der Waals surface area (Å²) in [5, 5.41) is 10.7. The van der Waals surface area contributed by atoms with Crippen molar-refractivity contribution in [2.75, 3.05) is 0 Å². The van der Waals surface area contributed by atoms with Crippen LogP contribution in [0.5, 0.6) is 0 Å². The number of hydrogen-bond acceptors (Lipinski definition) is 3. The van der Waals surface area contributed by atoms with Crippen LogP contribution in [0.1, 0.15) is 5.56 Å². The van der Waals surface area contributed by atoms with Gasteiger partial charge in [-0.25, -0.2) is 4.79 Å². The fourth-order valence-electron chi connectivity index (χ4n) is 1.58. The predicted octanol–water partition coefficient (Wildman–Crippen LogP) is 1.38. The molecular formula is C10H9N3O3. The first kappa shape index (κ1) is 10.2. The lowest BCUT2D eigenvalue weighted by molar-refractivity contribution is -0.385. The van der Waals surface area contributed by atoms with Gasteiger partial charge in [0.2, 0.25) is 0 Å². The van der Waals surface area contributed by atoms with Gasteiger partial charge in [0.1, 0.15) is 0 Å². The lowest BCUT2D eigenvalue weighted by Gasteiger charge is -2.05. The van der Waals surface area contributed by atoms with Crippen LogP contribution in [0.4, 0.5) is 5.69 Å². The third-order valence-electron chi connectivity index (χ3n) is 2.38. The minimum absolute atomic E-state index is 0.00519. The minimum Gasteiger partial charge on any atom is -0.312 e. The maximum absolute atomic E-state index is 11.4. The van der Waals surface area contributed by atoms with Crippen LogP contribution in [-0.4, -0.2) is 14.5 Å². The van der Waals surface area contributed by atoms with E-state index >= 15 is 0 Å². The van der Waals surface area contributed by atoms with E-state index in [1.54, 1.807) is 19.1 Å². The van der Waals surface area contributed by atoms with Gasteiger partial charge in [-0.3, -0.25) is 14.7 Å². The van der Waals surface area contributed by atoms with Crippen LogP contribution in [0, 0.1) is 17.0 Å². The number of nitro benzene ring substituents is 1. The highest BCUT2D eigenvalue weighted by Gasteiger charge is 2.14. The normalized spacial score (nSPS) is 10.3. The number of benzene rings is 1. The van der Waals surface area contributed by atoms with Crippen molar-refractivity contribution >= 4 is 5.69 Å². The molecule has 0 aliphatic heterocycles. The smallest absolute Gasteiger partial charge is 0.312 e. The highest BCUT2D eigenvalue weighted by molar-refractivity contribution is 5.52. The minimum atomic E-state index is -0.462. The van der Waals surface area contributed by atoms with E-state index < -0.39 is 4.92 Å². The van der Waals surface area contributed by atoms with Crippen molar-refractivity contribution in [1.82, 2.24) is 9.55 Å². The summed E-state index contributed by atoms with van der Waals surface area (Å²) < 4.78 is 1.34. The molecule has 1 heterocycles. The second-order valence-electron chi connectivity index (χ2n) is 3.31. The quantitative estimate of drug-likeness (QED) is 0.612. The Balaban J connectivity index is 2.68. The summed E-state index contributed by atoms with van der Waals surface area (Å²) in [5.41, 5.74) is 0.670. The van der Waals surface area contributed by atoms with Crippen LogP contribution in [-0.2, 0) is 0 Å². The third-order valence-corrected chi connectivity index (χ3v) is 2.38. The highest BCUT2D eigenvalue weighted by Crippen LogP contribution is 2.22. The summed E-state index contributed by atoms with van der Waals surface area (Å²) in [4.78, 5) is 24.1. The first-order valence-electron chi connectivity index (χ1n) is 4.61. The molecule has 0 spiro atoms. The summed E-state index contributed by atoms with van der Waals surface area (Å²) in [6, 6.07) is 4.63. The second kappa shape index (κ2) is 3.65. The summed E-state index contributed by atoms with van der Waals surface area (Å²) in [5.74, 6) is 0. The van der Waals surface area contributed by atoms with Crippen molar-refractivity contribution in [3.05, 3.63) is 56.8 Å². The van der Waals surface area contributed by atoms with Crippen LogP contribution >= 0.6 is 0 Å². The van der Waals surface area contributed by atoms with Crippen molar-refractivity contribution in [3.63, 3.8) is 0 Å². The van der Waals surface area contributed by atoms with Gasteiger partial charge in [-0.1, -0.05) is 6.07 Å².